The van der Waals surface area contributed by atoms with Crippen molar-refractivity contribution < 1.29 is 0 Å². The fourth-order valence-electron chi connectivity index (χ4n) is 2.07. The molecular weight excluding hydrogens is 298 g/mol. The Morgan fingerprint density at radius 2 is 1.74 bits per heavy atom. The molecule has 0 fully saturated rings. The standard InChI is InChI=1S/C17H20BrN/c1-14(10-11-15-6-3-2-4-7-15)19-13-16-8-5-9-17(18)12-16/h2-9,12,14,19H,10-11,13H2,1H3. The van der Waals surface area contributed by atoms with E-state index in [0.29, 0.717) is 6.04 Å². The Morgan fingerprint density at radius 1 is 1.00 bits per heavy atom. The topological polar surface area (TPSA) is 12.0 Å². The van der Waals surface area contributed by atoms with E-state index in [4.69, 9.17) is 0 Å². The highest BCUT2D eigenvalue weighted by Crippen LogP contribution is 2.12. The zero-order valence-corrected chi connectivity index (χ0v) is 12.9. The highest BCUT2D eigenvalue weighted by Gasteiger charge is 2.02. The maximum absolute atomic E-state index is 3.58. The first-order valence-electron chi connectivity index (χ1n) is 6.76. The third-order valence-corrected chi connectivity index (χ3v) is 3.75. The maximum atomic E-state index is 3.58. The summed E-state index contributed by atoms with van der Waals surface area (Å²) in [5, 5.41) is 3.58. The Labute approximate surface area is 124 Å². The molecule has 0 radical (unpaired) electrons. The first-order valence-corrected chi connectivity index (χ1v) is 7.55. The van der Waals surface area contributed by atoms with E-state index in [1.54, 1.807) is 0 Å². The van der Waals surface area contributed by atoms with Gasteiger partial charge >= 0.3 is 0 Å². The number of halogens is 1. The second kappa shape index (κ2) is 7.46. The van der Waals surface area contributed by atoms with E-state index in [-0.39, 0.29) is 0 Å². The zero-order valence-electron chi connectivity index (χ0n) is 11.3. The maximum Gasteiger partial charge on any atom is 0.0208 e. The third-order valence-electron chi connectivity index (χ3n) is 3.25. The summed E-state index contributed by atoms with van der Waals surface area (Å²) in [7, 11) is 0. The van der Waals surface area contributed by atoms with Crippen LogP contribution in [0.3, 0.4) is 0 Å². The quantitative estimate of drug-likeness (QED) is 0.823. The van der Waals surface area contributed by atoms with Crippen molar-refractivity contribution in [3.05, 3.63) is 70.2 Å². The van der Waals surface area contributed by atoms with Crippen LogP contribution in [0.1, 0.15) is 24.5 Å². The van der Waals surface area contributed by atoms with E-state index >= 15 is 0 Å². The molecule has 0 bridgehead atoms. The molecule has 2 heteroatoms. The molecule has 0 aliphatic rings. The van der Waals surface area contributed by atoms with Gasteiger partial charge in [-0.1, -0.05) is 58.4 Å². The van der Waals surface area contributed by atoms with Crippen molar-refractivity contribution in [3.63, 3.8) is 0 Å². The average molecular weight is 318 g/mol. The lowest BCUT2D eigenvalue weighted by Gasteiger charge is -2.14. The summed E-state index contributed by atoms with van der Waals surface area (Å²) in [6.45, 7) is 3.18. The van der Waals surface area contributed by atoms with E-state index < -0.39 is 0 Å². The van der Waals surface area contributed by atoms with Gasteiger partial charge < -0.3 is 5.32 Å². The Kier molecular flexibility index (Phi) is 5.62. The van der Waals surface area contributed by atoms with Crippen molar-refractivity contribution in [1.82, 2.24) is 5.32 Å². The van der Waals surface area contributed by atoms with Crippen molar-refractivity contribution in [2.75, 3.05) is 0 Å². The minimum Gasteiger partial charge on any atom is -0.310 e. The highest BCUT2D eigenvalue weighted by atomic mass is 79.9. The van der Waals surface area contributed by atoms with Gasteiger partial charge in [-0.3, -0.25) is 0 Å². The summed E-state index contributed by atoms with van der Waals surface area (Å²) in [6, 6.07) is 19.7. The molecule has 2 aromatic carbocycles. The zero-order chi connectivity index (χ0) is 13.5. The molecule has 100 valence electrons. The lowest BCUT2D eigenvalue weighted by Crippen LogP contribution is -2.25. The molecule has 1 N–H and O–H groups in total. The Balaban J connectivity index is 1.74. The van der Waals surface area contributed by atoms with Crippen LogP contribution in [-0.4, -0.2) is 6.04 Å². The molecule has 1 nitrogen and oxygen atoms in total. The molecule has 0 aliphatic carbocycles. The Hall–Kier alpha value is -1.12. The van der Waals surface area contributed by atoms with Gasteiger partial charge in [-0.25, -0.2) is 0 Å². The fraction of sp³-hybridized carbons (Fsp3) is 0.294. The molecule has 2 aromatic rings. The van der Waals surface area contributed by atoms with Gasteiger partial charge in [0.1, 0.15) is 0 Å². The largest absolute Gasteiger partial charge is 0.310 e. The molecule has 0 aliphatic heterocycles. The van der Waals surface area contributed by atoms with Crippen molar-refractivity contribution in [1.29, 1.82) is 0 Å². The molecular formula is C17H20BrN. The molecule has 1 atom stereocenters. The normalized spacial score (nSPS) is 12.3. The average Bonchev–Trinajstić information content (AvgIpc) is 2.44. The summed E-state index contributed by atoms with van der Waals surface area (Å²) >= 11 is 3.50. The number of hydrogen-bond donors (Lipinski definition) is 1. The number of rotatable bonds is 6. The second-order valence-corrected chi connectivity index (χ2v) is 5.85. The molecule has 2 rings (SSSR count). The molecule has 1 unspecified atom stereocenters. The minimum absolute atomic E-state index is 0.527. The lowest BCUT2D eigenvalue weighted by atomic mass is 10.1. The SMILES string of the molecule is CC(CCc1ccccc1)NCc1cccc(Br)c1. The number of aryl methyl sites for hydroxylation is 1. The fourth-order valence-corrected chi connectivity index (χ4v) is 2.52. The predicted octanol–water partition coefficient (Wildman–Crippen LogP) is 4.56. The van der Waals surface area contributed by atoms with E-state index in [9.17, 15) is 0 Å². The molecule has 19 heavy (non-hydrogen) atoms. The summed E-state index contributed by atoms with van der Waals surface area (Å²) < 4.78 is 1.14. The van der Waals surface area contributed by atoms with Gasteiger partial charge in [0.05, 0.1) is 0 Å². The first-order chi connectivity index (χ1) is 9.24. The van der Waals surface area contributed by atoms with Crippen LogP contribution in [0.2, 0.25) is 0 Å². The molecule has 0 aromatic heterocycles. The molecule has 0 saturated carbocycles. The van der Waals surface area contributed by atoms with E-state index in [1.165, 1.54) is 11.1 Å². The van der Waals surface area contributed by atoms with Gasteiger partial charge in [-0.05, 0) is 43.0 Å². The third kappa shape index (κ3) is 5.17. The van der Waals surface area contributed by atoms with Crippen molar-refractivity contribution >= 4 is 15.9 Å². The van der Waals surface area contributed by atoms with Crippen LogP contribution in [0.25, 0.3) is 0 Å². The van der Waals surface area contributed by atoms with Crippen LogP contribution in [0.15, 0.2) is 59.1 Å². The monoisotopic (exact) mass is 317 g/mol. The van der Waals surface area contributed by atoms with Gasteiger partial charge in [0.2, 0.25) is 0 Å². The molecule has 0 amide bonds. The van der Waals surface area contributed by atoms with E-state index in [0.717, 1.165) is 23.9 Å². The lowest BCUT2D eigenvalue weighted by molar-refractivity contribution is 0.514. The van der Waals surface area contributed by atoms with Crippen molar-refractivity contribution in [2.24, 2.45) is 0 Å². The Morgan fingerprint density at radius 3 is 2.47 bits per heavy atom. The van der Waals surface area contributed by atoms with Gasteiger partial charge in [-0.15, -0.1) is 0 Å². The minimum atomic E-state index is 0.527. The predicted molar refractivity (Wildman–Crippen MR) is 85.2 cm³/mol. The van der Waals surface area contributed by atoms with Gasteiger partial charge in [-0.2, -0.15) is 0 Å². The molecule has 0 heterocycles. The van der Waals surface area contributed by atoms with Gasteiger partial charge in [0.25, 0.3) is 0 Å². The van der Waals surface area contributed by atoms with Crippen LogP contribution < -0.4 is 5.32 Å². The summed E-state index contributed by atoms with van der Waals surface area (Å²) in [6.07, 6.45) is 2.30. The smallest absolute Gasteiger partial charge is 0.0208 e. The number of hydrogen-bond acceptors (Lipinski definition) is 1. The number of nitrogens with one attached hydrogen (secondary N) is 1. The Bertz CT molecular complexity index is 496. The first kappa shape index (κ1) is 14.3. The van der Waals surface area contributed by atoms with Crippen LogP contribution >= 0.6 is 15.9 Å². The van der Waals surface area contributed by atoms with Crippen LogP contribution in [-0.2, 0) is 13.0 Å². The summed E-state index contributed by atoms with van der Waals surface area (Å²) in [5.74, 6) is 0. The van der Waals surface area contributed by atoms with E-state index in [1.807, 2.05) is 0 Å². The van der Waals surface area contributed by atoms with Gasteiger partial charge in [0.15, 0.2) is 0 Å². The van der Waals surface area contributed by atoms with Gasteiger partial charge in [0, 0.05) is 17.1 Å². The van der Waals surface area contributed by atoms with Crippen LogP contribution in [0.5, 0.6) is 0 Å². The second-order valence-electron chi connectivity index (χ2n) is 4.94. The van der Waals surface area contributed by atoms with Crippen molar-refractivity contribution in [2.45, 2.75) is 32.4 Å². The van der Waals surface area contributed by atoms with Crippen molar-refractivity contribution in [3.8, 4) is 0 Å². The molecule has 0 saturated heterocycles. The highest BCUT2D eigenvalue weighted by molar-refractivity contribution is 9.10. The molecule has 0 spiro atoms. The number of benzene rings is 2. The van der Waals surface area contributed by atoms with E-state index in [2.05, 4.69) is 82.8 Å². The van der Waals surface area contributed by atoms with Crippen LogP contribution in [0, 0.1) is 0 Å². The summed E-state index contributed by atoms with van der Waals surface area (Å²) in [4.78, 5) is 0. The summed E-state index contributed by atoms with van der Waals surface area (Å²) in [5.41, 5.74) is 2.74. The van der Waals surface area contributed by atoms with Crippen LogP contribution in [0.4, 0.5) is 0 Å².